The van der Waals surface area contributed by atoms with Gasteiger partial charge < -0.3 is 10.2 Å². The van der Waals surface area contributed by atoms with Gasteiger partial charge in [0.1, 0.15) is 0 Å². The Labute approximate surface area is 157 Å². The molecule has 5 nitrogen and oxygen atoms in total. The van der Waals surface area contributed by atoms with Gasteiger partial charge in [-0.1, -0.05) is 24.3 Å². The fraction of sp³-hybridized carbons (Fsp3) is 0.273. The maximum Gasteiger partial charge on any atom is 0.255 e. The number of fused-ring (bicyclic) bond motifs is 4. The third kappa shape index (κ3) is 2.94. The van der Waals surface area contributed by atoms with E-state index in [1.54, 1.807) is 0 Å². The summed E-state index contributed by atoms with van der Waals surface area (Å²) in [5.74, 6) is -0.0559. The molecule has 5 rings (SSSR count). The van der Waals surface area contributed by atoms with Crippen molar-refractivity contribution >= 4 is 33.4 Å². The summed E-state index contributed by atoms with van der Waals surface area (Å²) in [4.78, 5) is 19.9. The van der Waals surface area contributed by atoms with E-state index in [2.05, 4.69) is 34.5 Å². The molecule has 1 saturated heterocycles. The number of hydrogen-bond acceptors (Lipinski definition) is 3. The van der Waals surface area contributed by atoms with Crippen LogP contribution in [0.1, 0.15) is 23.2 Å². The first kappa shape index (κ1) is 16.3. The smallest absolute Gasteiger partial charge is 0.255 e. The molecule has 1 amide bonds. The van der Waals surface area contributed by atoms with Crippen molar-refractivity contribution in [1.82, 2.24) is 19.6 Å². The van der Waals surface area contributed by atoms with Crippen molar-refractivity contribution in [3.8, 4) is 0 Å². The highest BCUT2D eigenvalue weighted by Crippen LogP contribution is 2.25. The predicted octanol–water partition coefficient (Wildman–Crippen LogP) is 3.47. The minimum atomic E-state index is -0.0559. The summed E-state index contributed by atoms with van der Waals surface area (Å²) in [6.07, 6.45) is 4.50. The maximum atomic E-state index is 12.8. The van der Waals surface area contributed by atoms with Crippen LogP contribution in [0.3, 0.4) is 0 Å². The standard InChI is InChI=1S/C22H22N4O/c27-22(23-9-13-25-10-3-4-11-25)18-8-5-12-26-20-15-17-7-2-1-6-16(17)14-19(20)24-21(18)26/h1-2,5-8,12,14-15H,3-4,9-11,13H2,(H,23,27). The van der Waals surface area contributed by atoms with Crippen molar-refractivity contribution in [2.45, 2.75) is 12.8 Å². The molecule has 1 aliphatic heterocycles. The van der Waals surface area contributed by atoms with E-state index in [0.717, 1.165) is 36.1 Å². The molecule has 1 fully saturated rings. The highest BCUT2D eigenvalue weighted by Gasteiger charge is 2.16. The average Bonchev–Trinajstić information content (AvgIpc) is 3.33. The summed E-state index contributed by atoms with van der Waals surface area (Å²) in [6.45, 7) is 3.87. The topological polar surface area (TPSA) is 49.6 Å². The number of benzene rings is 2. The van der Waals surface area contributed by atoms with Crippen LogP contribution in [0.15, 0.2) is 54.7 Å². The maximum absolute atomic E-state index is 12.8. The Morgan fingerprint density at radius 2 is 1.81 bits per heavy atom. The molecule has 0 aliphatic carbocycles. The molecule has 0 saturated carbocycles. The van der Waals surface area contributed by atoms with Crippen LogP contribution in [-0.2, 0) is 0 Å². The van der Waals surface area contributed by atoms with Crippen LogP contribution in [0, 0.1) is 0 Å². The number of rotatable bonds is 4. The van der Waals surface area contributed by atoms with Crippen LogP contribution in [0.25, 0.3) is 27.5 Å². The van der Waals surface area contributed by atoms with E-state index in [0.29, 0.717) is 17.8 Å². The third-order valence-corrected chi connectivity index (χ3v) is 5.45. The van der Waals surface area contributed by atoms with E-state index in [4.69, 9.17) is 4.98 Å². The van der Waals surface area contributed by atoms with Crippen LogP contribution >= 0.6 is 0 Å². The molecule has 3 heterocycles. The Kier molecular flexibility index (Phi) is 4.02. The number of carbonyl (C=O) groups is 1. The number of imidazole rings is 1. The molecule has 0 unspecified atom stereocenters. The molecule has 4 aromatic rings. The Bertz CT molecular complexity index is 1140. The van der Waals surface area contributed by atoms with E-state index in [1.807, 2.05) is 34.9 Å². The zero-order valence-electron chi connectivity index (χ0n) is 15.2. The van der Waals surface area contributed by atoms with Crippen LogP contribution in [0.5, 0.6) is 0 Å². The van der Waals surface area contributed by atoms with Gasteiger partial charge in [-0.05, 0) is 61.0 Å². The number of nitrogens with one attached hydrogen (secondary N) is 1. The minimum absolute atomic E-state index is 0.0559. The first-order valence-electron chi connectivity index (χ1n) is 9.60. The summed E-state index contributed by atoms with van der Waals surface area (Å²) in [6, 6.07) is 16.3. The van der Waals surface area contributed by atoms with Crippen molar-refractivity contribution < 1.29 is 4.79 Å². The highest BCUT2D eigenvalue weighted by atomic mass is 16.1. The quantitative estimate of drug-likeness (QED) is 0.608. The lowest BCUT2D eigenvalue weighted by Gasteiger charge is -2.14. The average molecular weight is 358 g/mol. The molecule has 1 aliphatic rings. The molecule has 0 radical (unpaired) electrons. The molecule has 5 heteroatoms. The molecule has 2 aromatic heterocycles. The van der Waals surface area contributed by atoms with Crippen LogP contribution < -0.4 is 5.32 Å². The molecule has 27 heavy (non-hydrogen) atoms. The van der Waals surface area contributed by atoms with E-state index < -0.39 is 0 Å². The fourth-order valence-corrected chi connectivity index (χ4v) is 4.03. The number of amides is 1. The number of nitrogens with zero attached hydrogens (tertiary/aromatic N) is 3. The monoisotopic (exact) mass is 358 g/mol. The van der Waals surface area contributed by atoms with Crippen LogP contribution in [0.2, 0.25) is 0 Å². The first-order valence-corrected chi connectivity index (χ1v) is 9.60. The normalized spacial score (nSPS) is 15.1. The summed E-state index contributed by atoms with van der Waals surface area (Å²) in [5, 5.41) is 5.39. The van der Waals surface area contributed by atoms with Crippen molar-refractivity contribution in [2.24, 2.45) is 0 Å². The molecular formula is C22H22N4O. The Morgan fingerprint density at radius 1 is 1.04 bits per heavy atom. The molecule has 1 N–H and O–H groups in total. The fourth-order valence-electron chi connectivity index (χ4n) is 4.03. The van der Waals surface area contributed by atoms with Gasteiger partial charge in [0.05, 0.1) is 16.6 Å². The Hall–Kier alpha value is -2.92. The number of pyridine rings is 1. The van der Waals surface area contributed by atoms with E-state index in [9.17, 15) is 4.79 Å². The van der Waals surface area contributed by atoms with Gasteiger partial charge in [0, 0.05) is 19.3 Å². The van der Waals surface area contributed by atoms with Crippen molar-refractivity contribution in [3.05, 3.63) is 60.3 Å². The second-order valence-corrected chi connectivity index (χ2v) is 7.22. The van der Waals surface area contributed by atoms with Gasteiger partial charge in [0.25, 0.3) is 5.91 Å². The lowest BCUT2D eigenvalue weighted by atomic mass is 10.1. The predicted molar refractivity (Wildman–Crippen MR) is 108 cm³/mol. The number of aromatic nitrogens is 2. The zero-order valence-corrected chi connectivity index (χ0v) is 15.2. The zero-order chi connectivity index (χ0) is 18.2. The van der Waals surface area contributed by atoms with Gasteiger partial charge in [0.15, 0.2) is 5.65 Å². The highest BCUT2D eigenvalue weighted by molar-refractivity contribution is 6.03. The van der Waals surface area contributed by atoms with Crippen LogP contribution in [0.4, 0.5) is 0 Å². The second-order valence-electron chi connectivity index (χ2n) is 7.22. The van der Waals surface area contributed by atoms with Gasteiger partial charge in [-0.15, -0.1) is 0 Å². The van der Waals surface area contributed by atoms with E-state index >= 15 is 0 Å². The van der Waals surface area contributed by atoms with Gasteiger partial charge in [0.2, 0.25) is 0 Å². The lowest BCUT2D eigenvalue weighted by molar-refractivity contribution is 0.0951. The largest absolute Gasteiger partial charge is 0.351 e. The molecular weight excluding hydrogens is 336 g/mol. The number of carbonyl (C=O) groups excluding carboxylic acids is 1. The molecule has 0 spiro atoms. The Balaban J connectivity index is 1.48. The third-order valence-electron chi connectivity index (χ3n) is 5.45. The number of likely N-dealkylation sites (tertiary alicyclic amines) is 1. The van der Waals surface area contributed by atoms with Crippen LogP contribution in [-0.4, -0.2) is 46.4 Å². The van der Waals surface area contributed by atoms with Gasteiger partial charge >= 0.3 is 0 Å². The SMILES string of the molecule is O=C(NCCN1CCCC1)c1cccn2c1nc1cc3ccccc3cc12. The van der Waals surface area contributed by atoms with Crippen molar-refractivity contribution in [3.63, 3.8) is 0 Å². The minimum Gasteiger partial charge on any atom is -0.351 e. The molecule has 136 valence electrons. The first-order chi connectivity index (χ1) is 13.3. The molecule has 0 atom stereocenters. The molecule has 2 aromatic carbocycles. The molecule has 0 bridgehead atoms. The second kappa shape index (κ2) is 6.67. The summed E-state index contributed by atoms with van der Waals surface area (Å²) < 4.78 is 2.01. The lowest BCUT2D eigenvalue weighted by Crippen LogP contribution is -2.33. The van der Waals surface area contributed by atoms with Crippen molar-refractivity contribution in [2.75, 3.05) is 26.2 Å². The van der Waals surface area contributed by atoms with E-state index in [1.165, 1.54) is 18.2 Å². The van der Waals surface area contributed by atoms with Gasteiger partial charge in [-0.25, -0.2) is 4.98 Å². The summed E-state index contributed by atoms with van der Waals surface area (Å²) >= 11 is 0. The van der Waals surface area contributed by atoms with Gasteiger partial charge in [-0.3, -0.25) is 9.20 Å². The Morgan fingerprint density at radius 3 is 2.63 bits per heavy atom. The van der Waals surface area contributed by atoms with Crippen molar-refractivity contribution in [1.29, 1.82) is 0 Å². The summed E-state index contributed by atoms with van der Waals surface area (Å²) in [5.41, 5.74) is 3.27. The van der Waals surface area contributed by atoms with Gasteiger partial charge in [-0.2, -0.15) is 0 Å². The summed E-state index contributed by atoms with van der Waals surface area (Å²) in [7, 11) is 0. The number of hydrogen-bond donors (Lipinski definition) is 1. The van der Waals surface area contributed by atoms with E-state index in [-0.39, 0.29) is 5.91 Å².